The van der Waals surface area contributed by atoms with Gasteiger partial charge in [-0.3, -0.25) is 0 Å². The Bertz CT molecular complexity index is 105. The minimum absolute atomic E-state index is 0.300. The first-order valence-corrected chi connectivity index (χ1v) is 3.39. The van der Waals surface area contributed by atoms with Crippen LogP contribution in [-0.2, 0) is 0 Å². The van der Waals surface area contributed by atoms with Gasteiger partial charge >= 0.3 is 0 Å². The highest BCUT2D eigenvalue weighted by molar-refractivity contribution is 5.03. The van der Waals surface area contributed by atoms with Crippen molar-refractivity contribution in [2.24, 2.45) is 5.73 Å². The normalized spacial score (nSPS) is 21.4. The molecule has 0 unspecified atom stereocenters. The van der Waals surface area contributed by atoms with E-state index in [2.05, 4.69) is 11.9 Å². The zero-order valence-electron chi connectivity index (χ0n) is 5.69. The highest BCUT2D eigenvalue weighted by Gasteiger charge is 2.39. The summed E-state index contributed by atoms with van der Waals surface area (Å²) in [7, 11) is 0. The minimum Gasteiger partial charge on any atom is -0.329 e. The van der Waals surface area contributed by atoms with Crippen LogP contribution in [0.4, 0.5) is 0 Å². The van der Waals surface area contributed by atoms with E-state index >= 15 is 0 Å². The second-order valence-electron chi connectivity index (χ2n) is 2.65. The first kappa shape index (κ1) is 6.78. The molecule has 0 spiro atoms. The Hall–Kier alpha value is -0.340. The molecule has 0 aromatic heterocycles. The molecular formula is C7H14N2. The lowest BCUT2D eigenvalue weighted by atomic mass is 10.3. The number of hydrogen-bond acceptors (Lipinski definition) is 2. The van der Waals surface area contributed by atoms with Crippen LogP contribution >= 0.6 is 0 Å². The highest BCUT2D eigenvalue weighted by Crippen LogP contribution is 2.33. The second kappa shape index (κ2) is 2.50. The van der Waals surface area contributed by atoms with Crippen molar-refractivity contribution in [3.63, 3.8) is 0 Å². The van der Waals surface area contributed by atoms with Gasteiger partial charge in [0.15, 0.2) is 0 Å². The molecule has 0 amide bonds. The smallest absolute Gasteiger partial charge is 0.0308 e. The number of nitrogens with one attached hydrogen (secondary N) is 1. The van der Waals surface area contributed by atoms with Gasteiger partial charge in [0.1, 0.15) is 0 Å². The van der Waals surface area contributed by atoms with E-state index in [0.717, 1.165) is 13.1 Å². The van der Waals surface area contributed by atoms with E-state index in [4.69, 9.17) is 5.73 Å². The zero-order valence-corrected chi connectivity index (χ0v) is 5.69. The Labute approximate surface area is 56.1 Å². The van der Waals surface area contributed by atoms with Gasteiger partial charge in [-0.1, -0.05) is 6.08 Å². The van der Waals surface area contributed by atoms with Crippen molar-refractivity contribution < 1.29 is 0 Å². The average Bonchev–Trinajstić information content (AvgIpc) is 2.65. The van der Waals surface area contributed by atoms with Crippen molar-refractivity contribution in [2.45, 2.75) is 18.4 Å². The van der Waals surface area contributed by atoms with Crippen LogP contribution in [-0.4, -0.2) is 18.6 Å². The molecule has 3 N–H and O–H groups in total. The fraction of sp³-hybridized carbons (Fsp3) is 0.714. The van der Waals surface area contributed by atoms with Crippen molar-refractivity contribution >= 4 is 0 Å². The molecule has 0 radical (unpaired) electrons. The van der Waals surface area contributed by atoms with Crippen LogP contribution < -0.4 is 11.1 Å². The van der Waals surface area contributed by atoms with E-state index in [-0.39, 0.29) is 0 Å². The predicted octanol–water partition coefficient (Wildman–Crippen LogP) is 0.253. The molecule has 1 aliphatic carbocycles. The lowest BCUT2D eigenvalue weighted by molar-refractivity contribution is 0.537. The quantitative estimate of drug-likeness (QED) is 0.530. The molecule has 0 atom stereocenters. The topological polar surface area (TPSA) is 38.0 Å². The first-order chi connectivity index (χ1) is 4.33. The maximum atomic E-state index is 5.51. The number of hydrogen-bond donors (Lipinski definition) is 2. The zero-order chi connectivity index (χ0) is 6.74. The van der Waals surface area contributed by atoms with Crippen LogP contribution in [0.1, 0.15) is 12.8 Å². The average molecular weight is 126 g/mol. The van der Waals surface area contributed by atoms with Crippen LogP contribution in [0.3, 0.4) is 0 Å². The van der Waals surface area contributed by atoms with Gasteiger partial charge in [-0.2, -0.15) is 0 Å². The van der Waals surface area contributed by atoms with Crippen molar-refractivity contribution in [2.75, 3.05) is 13.1 Å². The Balaban J connectivity index is 2.17. The van der Waals surface area contributed by atoms with E-state index < -0.39 is 0 Å². The Morgan fingerprint density at radius 2 is 2.33 bits per heavy atom. The molecule has 52 valence electrons. The van der Waals surface area contributed by atoms with Crippen LogP contribution in [0.5, 0.6) is 0 Å². The van der Waals surface area contributed by atoms with Gasteiger partial charge < -0.3 is 11.1 Å². The van der Waals surface area contributed by atoms with Gasteiger partial charge in [0.25, 0.3) is 0 Å². The molecule has 1 rings (SSSR count). The lowest BCUT2D eigenvalue weighted by Crippen LogP contribution is -2.38. The molecule has 0 bridgehead atoms. The van der Waals surface area contributed by atoms with Gasteiger partial charge in [0.2, 0.25) is 0 Å². The minimum atomic E-state index is 0.300. The predicted molar refractivity (Wildman–Crippen MR) is 39.2 cm³/mol. The summed E-state index contributed by atoms with van der Waals surface area (Å²) in [6, 6.07) is 0. The van der Waals surface area contributed by atoms with Crippen LogP contribution in [0.2, 0.25) is 0 Å². The number of rotatable bonds is 4. The monoisotopic (exact) mass is 126 g/mol. The highest BCUT2D eigenvalue weighted by atomic mass is 15.0. The van der Waals surface area contributed by atoms with E-state index in [1.807, 2.05) is 6.08 Å². The van der Waals surface area contributed by atoms with Crippen molar-refractivity contribution in [3.05, 3.63) is 12.7 Å². The van der Waals surface area contributed by atoms with Crippen LogP contribution in [0, 0.1) is 0 Å². The van der Waals surface area contributed by atoms with Gasteiger partial charge in [-0.05, 0) is 12.8 Å². The van der Waals surface area contributed by atoms with E-state index in [1.54, 1.807) is 0 Å². The maximum Gasteiger partial charge on any atom is 0.0308 e. The molecule has 2 heteroatoms. The summed E-state index contributed by atoms with van der Waals surface area (Å²) in [5, 5.41) is 3.33. The molecular weight excluding hydrogens is 112 g/mol. The van der Waals surface area contributed by atoms with Gasteiger partial charge in [-0.15, -0.1) is 6.58 Å². The van der Waals surface area contributed by atoms with Crippen molar-refractivity contribution in [1.82, 2.24) is 5.32 Å². The summed E-state index contributed by atoms with van der Waals surface area (Å²) in [6.07, 6.45) is 4.34. The summed E-state index contributed by atoms with van der Waals surface area (Å²) in [4.78, 5) is 0. The molecule has 1 aliphatic rings. The summed E-state index contributed by atoms with van der Waals surface area (Å²) < 4.78 is 0. The standard InChI is InChI=1S/C7H14N2/c1-2-5-9-7(6-8)3-4-7/h2,9H,1,3-6,8H2. The molecule has 0 aliphatic heterocycles. The largest absolute Gasteiger partial charge is 0.329 e. The van der Waals surface area contributed by atoms with Gasteiger partial charge in [-0.25, -0.2) is 0 Å². The Morgan fingerprint density at radius 3 is 2.67 bits per heavy atom. The van der Waals surface area contributed by atoms with Crippen LogP contribution in [0.25, 0.3) is 0 Å². The summed E-state index contributed by atoms with van der Waals surface area (Å²) in [5.41, 5.74) is 5.81. The molecule has 2 nitrogen and oxygen atoms in total. The molecule has 9 heavy (non-hydrogen) atoms. The third-order valence-corrected chi connectivity index (χ3v) is 1.87. The number of nitrogens with two attached hydrogens (primary N) is 1. The Kier molecular flexibility index (Phi) is 1.88. The molecule has 0 aromatic rings. The van der Waals surface area contributed by atoms with Crippen molar-refractivity contribution in [1.29, 1.82) is 0 Å². The third kappa shape index (κ3) is 1.53. The Morgan fingerprint density at radius 1 is 1.67 bits per heavy atom. The fourth-order valence-corrected chi connectivity index (χ4v) is 0.893. The van der Waals surface area contributed by atoms with Crippen LogP contribution in [0.15, 0.2) is 12.7 Å². The maximum absolute atomic E-state index is 5.51. The van der Waals surface area contributed by atoms with Crippen molar-refractivity contribution in [3.8, 4) is 0 Å². The molecule has 1 saturated carbocycles. The third-order valence-electron chi connectivity index (χ3n) is 1.87. The molecule has 0 saturated heterocycles. The van der Waals surface area contributed by atoms with E-state index in [1.165, 1.54) is 12.8 Å². The van der Waals surface area contributed by atoms with Gasteiger partial charge in [0.05, 0.1) is 0 Å². The summed E-state index contributed by atoms with van der Waals surface area (Å²) in [5.74, 6) is 0. The lowest BCUT2D eigenvalue weighted by Gasteiger charge is -2.11. The molecule has 0 aromatic carbocycles. The second-order valence-corrected chi connectivity index (χ2v) is 2.65. The fourth-order valence-electron chi connectivity index (χ4n) is 0.893. The summed E-state index contributed by atoms with van der Waals surface area (Å²) in [6.45, 7) is 5.27. The van der Waals surface area contributed by atoms with Gasteiger partial charge in [0, 0.05) is 18.6 Å². The van der Waals surface area contributed by atoms with E-state index in [9.17, 15) is 0 Å². The summed E-state index contributed by atoms with van der Waals surface area (Å²) >= 11 is 0. The SMILES string of the molecule is C=CCNC1(CN)CC1. The molecule has 0 heterocycles. The van der Waals surface area contributed by atoms with E-state index in [0.29, 0.717) is 5.54 Å². The first-order valence-electron chi connectivity index (χ1n) is 3.39. The molecule has 1 fully saturated rings.